The first-order chi connectivity index (χ1) is 8.84. The number of rotatable bonds is 4. The molecule has 0 nitrogen and oxygen atoms in total. The van der Waals surface area contributed by atoms with Gasteiger partial charge in [0.05, 0.1) is 0 Å². The molecule has 0 aliphatic heterocycles. The van der Waals surface area contributed by atoms with Gasteiger partial charge in [-0.05, 0) is 55.8 Å². The van der Waals surface area contributed by atoms with Crippen molar-refractivity contribution < 1.29 is 0 Å². The Morgan fingerprint density at radius 3 is 2.37 bits per heavy atom. The van der Waals surface area contributed by atoms with Gasteiger partial charge in [0.25, 0.3) is 0 Å². The van der Waals surface area contributed by atoms with E-state index in [1.807, 2.05) is 13.8 Å². The van der Waals surface area contributed by atoms with Gasteiger partial charge in [-0.2, -0.15) is 0 Å². The SMILES string of the molecule is C=C1CC(C)CC(C(C)CC(C)(C)/C=C/C)C1.CC. The van der Waals surface area contributed by atoms with Crippen LogP contribution in [-0.4, -0.2) is 0 Å². The maximum absolute atomic E-state index is 4.22. The Bertz CT molecular complexity index is 282. The van der Waals surface area contributed by atoms with E-state index in [1.165, 1.54) is 31.3 Å². The van der Waals surface area contributed by atoms with Crippen LogP contribution in [0, 0.1) is 23.2 Å². The molecule has 19 heavy (non-hydrogen) atoms. The highest BCUT2D eigenvalue weighted by molar-refractivity contribution is 5.03. The lowest BCUT2D eigenvalue weighted by molar-refractivity contribution is 0.206. The third kappa shape index (κ3) is 6.99. The van der Waals surface area contributed by atoms with Gasteiger partial charge in [-0.1, -0.05) is 65.8 Å². The molecule has 0 saturated heterocycles. The zero-order valence-corrected chi connectivity index (χ0v) is 14.4. The van der Waals surface area contributed by atoms with Crippen molar-refractivity contribution in [2.45, 2.75) is 74.1 Å². The van der Waals surface area contributed by atoms with Crippen molar-refractivity contribution in [3.63, 3.8) is 0 Å². The third-order valence-corrected chi connectivity index (χ3v) is 4.16. The lowest BCUT2D eigenvalue weighted by Gasteiger charge is -2.36. The van der Waals surface area contributed by atoms with E-state index in [-0.39, 0.29) is 0 Å². The number of allylic oxidation sites excluding steroid dienone is 3. The van der Waals surface area contributed by atoms with E-state index in [1.54, 1.807) is 0 Å². The molecule has 0 heteroatoms. The molecule has 0 radical (unpaired) electrons. The second-order valence-electron chi connectivity index (χ2n) is 6.93. The summed E-state index contributed by atoms with van der Waals surface area (Å²) < 4.78 is 0. The van der Waals surface area contributed by atoms with Gasteiger partial charge in [0.1, 0.15) is 0 Å². The Kier molecular flexibility index (Phi) is 8.38. The van der Waals surface area contributed by atoms with Gasteiger partial charge in [-0.15, -0.1) is 0 Å². The van der Waals surface area contributed by atoms with Gasteiger partial charge in [0.2, 0.25) is 0 Å². The van der Waals surface area contributed by atoms with Crippen molar-refractivity contribution in [1.29, 1.82) is 0 Å². The predicted octanol–water partition coefficient (Wildman–Crippen LogP) is 6.63. The summed E-state index contributed by atoms with van der Waals surface area (Å²) >= 11 is 0. The lowest BCUT2D eigenvalue weighted by atomic mass is 9.70. The van der Waals surface area contributed by atoms with E-state index in [0.29, 0.717) is 5.41 Å². The zero-order valence-electron chi connectivity index (χ0n) is 14.4. The van der Waals surface area contributed by atoms with Gasteiger partial charge in [0, 0.05) is 0 Å². The molecule has 1 fully saturated rings. The molecule has 0 aromatic rings. The normalized spacial score (nSPS) is 25.9. The van der Waals surface area contributed by atoms with Crippen LogP contribution in [0.25, 0.3) is 0 Å². The lowest BCUT2D eigenvalue weighted by Crippen LogP contribution is -2.24. The Balaban J connectivity index is 0.00000154. The summed E-state index contributed by atoms with van der Waals surface area (Å²) in [5.41, 5.74) is 1.82. The smallest absolute Gasteiger partial charge is 0.0172 e. The van der Waals surface area contributed by atoms with Crippen LogP contribution in [0.3, 0.4) is 0 Å². The van der Waals surface area contributed by atoms with Crippen molar-refractivity contribution in [1.82, 2.24) is 0 Å². The van der Waals surface area contributed by atoms with Crippen molar-refractivity contribution in [3.8, 4) is 0 Å². The summed E-state index contributed by atoms with van der Waals surface area (Å²) in [6, 6.07) is 0. The molecule has 1 aliphatic carbocycles. The zero-order chi connectivity index (χ0) is 15.1. The maximum Gasteiger partial charge on any atom is -0.0172 e. The minimum Gasteiger partial charge on any atom is -0.0998 e. The predicted molar refractivity (Wildman–Crippen MR) is 89.4 cm³/mol. The average Bonchev–Trinajstić information content (AvgIpc) is 2.29. The van der Waals surface area contributed by atoms with E-state index >= 15 is 0 Å². The fourth-order valence-corrected chi connectivity index (χ4v) is 3.58. The molecule has 0 aromatic carbocycles. The topological polar surface area (TPSA) is 0 Å². The van der Waals surface area contributed by atoms with Gasteiger partial charge in [-0.25, -0.2) is 0 Å². The third-order valence-electron chi connectivity index (χ3n) is 4.16. The van der Waals surface area contributed by atoms with Crippen molar-refractivity contribution >= 4 is 0 Å². The van der Waals surface area contributed by atoms with Crippen LogP contribution in [0.2, 0.25) is 0 Å². The summed E-state index contributed by atoms with van der Waals surface area (Å²) in [5, 5.41) is 0. The molecule has 0 spiro atoms. The van der Waals surface area contributed by atoms with Gasteiger partial charge >= 0.3 is 0 Å². The van der Waals surface area contributed by atoms with Gasteiger partial charge in [-0.3, -0.25) is 0 Å². The minimum atomic E-state index is 0.343. The van der Waals surface area contributed by atoms with Crippen LogP contribution in [0.5, 0.6) is 0 Å². The highest BCUT2D eigenvalue weighted by atomic mass is 14.3. The molecule has 112 valence electrons. The van der Waals surface area contributed by atoms with E-state index < -0.39 is 0 Å². The summed E-state index contributed by atoms with van der Waals surface area (Å²) in [4.78, 5) is 0. The van der Waals surface area contributed by atoms with Gasteiger partial charge in [0.15, 0.2) is 0 Å². The van der Waals surface area contributed by atoms with Crippen LogP contribution in [-0.2, 0) is 0 Å². The monoisotopic (exact) mass is 264 g/mol. The molecular weight excluding hydrogens is 228 g/mol. The second-order valence-corrected chi connectivity index (χ2v) is 6.93. The van der Waals surface area contributed by atoms with E-state index in [9.17, 15) is 0 Å². The summed E-state index contributed by atoms with van der Waals surface area (Å²) in [7, 11) is 0. The first-order valence-corrected chi connectivity index (χ1v) is 8.14. The first-order valence-electron chi connectivity index (χ1n) is 8.14. The second kappa shape index (κ2) is 8.61. The number of hydrogen-bond acceptors (Lipinski definition) is 0. The fraction of sp³-hybridized carbons (Fsp3) is 0.789. The highest BCUT2D eigenvalue weighted by Crippen LogP contribution is 2.40. The molecule has 0 amide bonds. The Morgan fingerprint density at radius 2 is 1.89 bits per heavy atom. The molecule has 1 aliphatic rings. The molecule has 3 unspecified atom stereocenters. The molecular formula is C19H36. The van der Waals surface area contributed by atoms with Crippen LogP contribution in [0.1, 0.15) is 74.1 Å². The highest BCUT2D eigenvalue weighted by Gasteiger charge is 2.28. The number of hydrogen-bond donors (Lipinski definition) is 0. The minimum absolute atomic E-state index is 0.343. The fourth-order valence-electron chi connectivity index (χ4n) is 3.58. The molecule has 0 bridgehead atoms. The standard InChI is InChI=1S/C17H30.C2H6/c1-7-8-17(5,6)12-15(4)16-10-13(2)9-14(3)11-16;1-2/h7-8,14-16H,2,9-12H2,1,3-6H3;1-2H3/b8-7+;. The molecule has 0 heterocycles. The van der Waals surface area contributed by atoms with Crippen LogP contribution in [0.15, 0.2) is 24.3 Å². The molecule has 1 saturated carbocycles. The largest absolute Gasteiger partial charge is 0.0998 e. The Morgan fingerprint density at radius 1 is 1.32 bits per heavy atom. The summed E-state index contributed by atoms with van der Waals surface area (Å²) in [6.45, 7) is 19.8. The van der Waals surface area contributed by atoms with Crippen LogP contribution in [0.4, 0.5) is 0 Å². The van der Waals surface area contributed by atoms with Crippen molar-refractivity contribution in [2.24, 2.45) is 23.2 Å². The maximum atomic E-state index is 4.22. The summed E-state index contributed by atoms with van der Waals surface area (Å²) in [5.74, 6) is 2.50. The first kappa shape index (κ1) is 18.5. The van der Waals surface area contributed by atoms with Crippen molar-refractivity contribution in [2.75, 3.05) is 0 Å². The Hall–Kier alpha value is -0.520. The quantitative estimate of drug-likeness (QED) is 0.500. The Labute approximate surface area is 122 Å². The van der Waals surface area contributed by atoms with Crippen LogP contribution < -0.4 is 0 Å². The molecule has 1 rings (SSSR count). The van der Waals surface area contributed by atoms with E-state index in [0.717, 1.165) is 17.8 Å². The summed E-state index contributed by atoms with van der Waals surface area (Å²) in [6.07, 6.45) is 9.74. The van der Waals surface area contributed by atoms with Gasteiger partial charge < -0.3 is 0 Å². The van der Waals surface area contributed by atoms with Crippen molar-refractivity contribution in [3.05, 3.63) is 24.3 Å². The van der Waals surface area contributed by atoms with Crippen LogP contribution >= 0.6 is 0 Å². The molecule has 0 aromatic heterocycles. The molecule has 0 N–H and O–H groups in total. The van der Waals surface area contributed by atoms with E-state index in [2.05, 4.69) is 53.3 Å². The average molecular weight is 264 g/mol. The molecule has 3 atom stereocenters. The van der Waals surface area contributed by atoms with E-state index in [4.69, 9.17) is 0 Å².